The molecule has 2 heterocycles. The number of nitrogens with one attached hydrogen (secondary N) is 2. The number of amides is 1. The highest BCUT2D eigenvalue weighted by Crippen LogP contribution is 2.18. The molecule has 0 aliphatic carbocycles. The first-order valence-electron chi connectivity index (χ1n) is 8.23. The van der Waals surface area contributed by atoms with E-state index in [9.17, 15) is 4.79 Å². The number of benzene rings is 1. The predicted octanol–water partition coefficient (Wildman–Crippen LogP) is 2.44. The summed E-state index contributed by atoms with van der Waals surface area (Å²) in [6.07, 6.45) is 1.01. The summed E-state index contributed by atoms with van der Waals surface area (Å²) in [6, 6.07) is 6.41. The molecule has 0 saturated heterocycles. The number of fused-ring (bicyclic) bond motifs is 1. The largest absolute Gasteiger partial charge is 0.348 e. The molecule has 1 amide bonds. The van der Waals surface area contributed by atoms with Crippen LogP contribution in [0.1, 0.15) is 51.8 Å². The van der Waals surface area contributed by atoms with E-state index in [-0.39, 0.29) is 5.91 Å². The van der Waals surface area contributed by atoms with Gasteiger partial charge in [0.1, 0.15) is 0 Å². The molecule has 0 bridgehead atoms. The minimum atomic E-state index is -0.0408. The summed E-state index contributed by atoms with van der Waals surface area (Å²) in [6.45, 7) is 9.22. The molecule has 2 N–H and O–H groups in total. The molecule has 5 heteroatoms. The van der Waals surface area contributed by atoms with E-state index in [1.54, 1.807) is 0 Å². The van der Waals surface area contributed by atoms with Crippen LogP contribution in [0.15, 0.2) is 18.2 Å². The minimum absolute atomic E-state index is 0.0408. The molecule has 0 fully saturated rings. The predicted molar refractivity (Wildman–Crippen MR) is 90.1 cm³/mol. The quantitative estimate of drug-likeness (QED) is 0.891. The van der Waals surface area contributed by atoms with E-state index in [0.29, 0.717) is 12.1 Å². The maximum Gasteiger partial charge on any atom is 0.255 e. The van der Waals surface area contributed by atoms with Crippen molar-refractivity contribution in [3.63, 3.8) is 0 Å². The van der Waals surface area contributed by atoms with Crippen molar-refractivity contribution in [2.75, 3.05) is 0 Å². The van der Waals surface area contributed by atoms with Gasteiger partial charge in [0.05, 0.1) is 11.3 Å². The first-order chi connectivity index (χ1) is 11.1. The summed E-state index contributed by atoms with van der Waals surface area (Å²) in [7, 11) is 0. The normalized spacial score (nSPS) is 13.2. The van der Waals surface area contributed by atoms with Crippen LogP contribution in [0, 0.1) is 13.8 Å². The zero-order valence-corrected chi connectivity index (χ0v) is 14.1. The van der Waals surface area contributed by atoms with Gasteiger partial charge in [-0.05, 0) is 37.0 Å². The van der Waals surface area contributed by atoms with Crippen molar-refractivity contribution in [3.8, 4) is 0 Å². The van der Waals surface area contributed by atoms with Crippen LogP contribution in [-0.4, -0.2) is 15.7 Å². The molecule has 0 atom stereocenters. The van der Waals surface area contributed by atoms with Crippen LogP contribution < -0.4 is 10.6 Å². The standard InChI is InChI=1S/C18H24N4O/c1-4-7-22-13(3)17(12(2)21-22)18(23)20-9-14-5-6-15-10-19-11-16(15)8-14/h5-6,8,19H,4,7,9-11H2,1-3H3,(H,20,23). The Morgan fingerprint density at radius 3 is 2.87 bits per heavy atom. The second kappa shape index (κ2) is 6.54. The number of hydrogen-bond acceptors (Lipinski definition) is 3. The Balaban J connectivity index is 1.70. The van der Waals surface area contributed by atoms with Crippen LogP contribution in [0.2, 0.25) is 0 Å². The Hall–Kier alpha value is -2.14. The van der Waals surface area contributed by atoms with Crippen molar-refractivity contribution in [1.29, 1.82) is 0 Å². The maximum atomic E-state index is 12.5. The zero-order chi connectivity index (χ0) is 16.4. The Labute approximate surface area is 137 Å². The summed E-state index contributed by atoms with van der Waals surface area (Å²) in [5.74, 6) is -0.0408. The smallest absolute Gasteiger partial charge is 0.255 e. The van der Waals surface area contributed by atoms with E-state index in [2.05, 4.69) is 40.9 Å². The molecule has 1 aromatic heterocycles. The highest BCUT2D eigenvalue weighted by molar-refractivity contribution is 5.96. The Kier molecular flexibility index (Phi) is 4.48. The summed E-state index contributed by atoms with van der Waals surface area (Å²) < 4.78 is 1.92. The van der Waals surface area contributed by atoms with E-state index in [1.807, 2.05) is 18.5 Å². The van der Waals surface area contributed by atoms with Crippen LogP contribution in [0.25, 0.3) is 0 Å². The molecule has 0 saturated carbocycles. The summed E-state index contributed by atoms with van der Waals surface area (Å²) in [5, 5.41) is 10.8. The molecule has 0 radical (unpaired) electrons. The monoisotopic (exact) mass is 312 g/mol. The first-order valence-corrected chi connectivity index (χ1v) is 8.23. The highest BCUT2D eigenvalue weighted by Gasteiger charge is 2.18. The van der Waals surface area contributed by atoms with Gasteiger partial charge in [0, 0.05) is 31.9 Å². The fourth-order valence-electron chi connectivity index (χ4n) is 3.18. The van der Waals surface area contributed by atoms with Crippen LogP contribution in [0.5, 0.6) is 0 Å². The lowest BCUT2D eigenvalue weighted by atomic mass is 10.1. The van der Waals surface area contributed by atoms with Crippen molar-refractivity contribution < 1.29 is 4.79 Å². The van der Waals surface area contributed by atoms with Gasteiger partial charge < -0.3 is 10.6 Å². The molecule has 5 nitrogen and oxygen atoms in total. The van der Waals surface area contributed by atoms with Crippen molar-refractivity contribution in [2.24, 2.45) is 0 Å². The van der Waals surface area contributed by atoms with E-state index in [0.717, 1.165) is 43.0 Å². The topological polar surface area (TPSA) is 59.0 Å². The molecule has 1 aromatic carbocycles. The highest BCUT2D eigenvalue weighted by atomic mass is 16.1. The van der Waals surface area contributed by atoms with Gasteiger partial charge in [-0.1, -0.05) is 25.1 Å². The number of rotatable bonds is 5. The molecule has 3 rings (SSSR count). The van der Waals surface area contributed by atoms with Gasteiger partial charge in [0.15, 0.2) is 0 Å². The maximum absolute atomic E-state index is 12.5. The first kappa shape index (κ1) is 15.7. The Morgan fingerprint density at radius 1 is 1.30 bits per heavy atom. The van der Waals surface area contributed by atoms with Gasteiger partial charge >= 0.3 is 0 Å². The number of hydrogen-bond donors (Lipinski definition) is 2. The van der Waals surface area contributed by atoms with Gasteiger partial charge in [-0.25, -0.2) is 0 Å². The lowest BCUT2D eigenvalue weighted by Crippen LogP contribution is -2.24. The second-order valence-corrected chi connectivity index (χ2v) is 6.16. The lowest BCUT2D eigenvalue weighted by molar-refractivity contribution is 0.0949. The number of aryl methyl sites for hydroxylation is 2. The van der Waals surface area contributed by atoms with Crippen molar-refractivity contribution in [2.45, 2.75) is 53.4 Å². The summed E-state index contributed by atoms with van der Waals surface area (Å²) in [4.78, 5) is 12.5. The molecule has 23 heavy (non-hydrogen) atoms. The molecule has 122 valence electrons. The third kappa shape index (κ3) is 3.15. The van der Waals surface area contributed by atoms with Crippen LogP contribution in [0.3, 0.4) is 0 Å². The number of carbonyl (C=O) groups excluding carboxylic acids is 1. The fraction of sp³-hybridized carbons (Fsp3) is 0.444. The van der Waals surface area contributed by atoms with Crippen molar-refractivity contribution in [3.05, 3.63) is 51.8 Å². The zero-order valence-electron chi connectivity index (χ0n) is 14.1. The van der Waals surface area contributed by atoms with Crippen molar-refractivity contribution in [1.82, 2.24) is 20.4 Å². The van der Waals surface area contributed by atoms with Gasteiger partial charge in [-0.15, -0.1) is 0 Å². The molecule has 0 unspecified atom stereocenters. The van der Waals surface area contributed by atoms with E-state index in [1.165, 1.54) is 11.1 Å². The Bertz CT molecular complexity index is 733. The van der Waals surface area contributed by atoms with E-state index >= 15 is 0 Å². The van der Waals surface area contributed by atoms with Crippen LogP contribution >= 0.6 is 0 Å². The van der Waals surface area contributed by atoms with E-state index < -0.39 is 0 Å². The van der Waals surface area contributed by atoms with Crippen molar-refractivity contribution >= 4 is 5.91 Å². The number of carbonyl (C=O) groups is 1. The average molecular weight is 312 g/mol. The molecular weight excluding hydrogens is 288 g/mol. The second-order valence-electron chi connectivity index (χ2n) is 6.16. The van der Waals surface area contributed by atoms with Gasteiger partial charge in [-0.2, -0.15) is 5.10 Å². The third-order valence-corrected chi connectivity index (χ3v) is 4.40. The number of aromatic nitrogens is 2. The SMILES string of the molecule is CCCn1nc(C)c(C(=O)NCc2ccc3c(c2)CNC3)c1C. The minimum Gasteiger partial charge on any atom is -0.348 e. The molecule has 0 spiro atoms. The fourth-order valence-corrected chi connectivity index (χ4v) is 3.18. The van der Waals surface area contributed by atoms with Gasteiger partial charge in [0.2, 0.25) is 0 Å². The average Bonchev–Trinajstić information content (AvgIpc) is 3.10. The summed E-state index contributed by atoms with van der Waals surface area (Å²) >= 11 is 0. The number of nitrogens with zero attached hydrogens (tertiary/aromatic N) is 2. The van der Waals surface area contributed by atoms with Gasteiger partial charge in [-0.3, -0.25) is 9.48 Å². The summed E-state index contributed by atoms with van der Waals surface area (Å²) in [5.41, 5.74) is 6.28. The Morgan fingerprint density at radius 2 is 2.09 bits per heavy atom. The molecular formula is C18H24N4O. The van der Waals surface area contributed by atoms with E-state index in [4.69, 9.17) is 0 Å². The molecule has 2 aromatic rings. The molecule has 1 aliphatic rings. The van der Waals surface area contributed by atoms with Crippen LogP contribution in [0.4, 0.5) is 0 Å². The lowest BCUT2D eigenvalue weighted by Gasteiger charge is -2.08. The third-order valence-electron chi connectivity index (χ3n) is 4.40. The molecule has 1 aliphatic heterocycles. The van der Waals surface area contributed by atoms with Crippen LogP contribution in [-0.2, 0) is 26.2 Å². The van der Waals surface area contributed by atoms with Gasteiger partial charge in [0.25, 0.3) is 5.91 Å².